The molecule has 126 valence electrons. The summed E-state index contributed by atoms with van der Waals surface area (Å²) in [6.45, 7) is 6.44. The predicted molar refractivity (Wildman–Crippen MR) is 87.4 cm³/mol. The van der Waals surface area contributed by atoms with Crippen molar-refractivity contribution in [3.8, 4) is 0 Å². The van der Waals surface area contributed by atoms with Crippen molar-refractivity contribution in [3.05, 3.63) is 0 Å². The van der Waals surface area contributed by atoms with Crippen LogP contribution in [0.5, 0.6) is 0 Å². The molecule has 2 fully saturated rings. The molecule has 2 saturated heterocycles. The van der Waals surface area contributed by atoms with Crippen molar-refractivity contribution in [2.24, 2.45) is 11.8 Å². The first-order chi connectivity index (χ1) is 10.7. The van der Waals surface area contributed by atoms with Crippen LogP contribution >= 0.6 is 0 Å². The topological polar surface area (TPSA) is 61.4 Å². The zero-order valence-electron chi connectivity index (χ0n) is 13.9. The van der Waals surface area contributed by atoms with Crippen LogP contribution in [0.15, 0.2) is 0 Å². The molecule has 2 amide bonds. The SMILES string of the molecule is CCCCNC(=O)C1CCCN(C(=O)CCC2CCNC2)C1. The minimum absolute atomic E-state index is 0.0114. The molecule has 0 aromatic heterocycles. The van der Waals surface area contributed by atoms with E-state index in [2.05, 4.69) is 17.6 Å². The van der Waals surface area contributed by atoms with Crippen molar-refractivity contribution >= 4 is 11.8 Å². The van der Waals surface area contributed by atoms with Gasteiger partial charge in [0.25, 0.3) is 0 Å². The third kappa shape index (κ3) is 5.27. The first-order valence-corrected chi connectivity index (χ1v) is 8.97. The fourth-order valence-electron chi connectivity index (χ4n) is 3.40. The highest BCUT2D eigenvalue weighted by molar-refractivity contribution is 5.81. The van der Waals surface area contributed by atoms with Gasteiger partial charge in [-0.05, 0) is 51.1 Å². The largest absolute Gasteiger partial charge is 0.356 e. The van der Waals surface area contributed by atoms with Crippen molar-refractivity contribution in [1.29, 1.82) is 0 Å². The molecule has 0 saturated carbocycles. The Hall–Kier alpha value is -1.10. The number of carbonyl (C=O) groups is 2. The summed E-state index contributed by atoms with van der Waals surface area (Å²) >= 11 is 0. The fourth-order valence-corrected chi connectivity index (χ4v) is 3.40. The number of amides is 2. The molecular formula is C17H31N3O2. The van der Waals surface area contributed by atoms with Crippen molar-refractivity contribution in [2.45, 2.75) is 51.9 Å². The van der Waals surface area contributed by atoms with Crippen LogP contribution in [-0.2, 0) is 9.59 Å². The molecule has 0 radical (unpaired) electrons. The number of unbranched alkanes of at least 4 members (excludes halogenated alkanes) is 1. The molecule has 0 aliphatic carbocycles. The lowest BCUT2D eigenvalue weighted by Crippen LogP contribution is -2.45. The lowest BCUT2D eigenvalue weighted by molar-refractivity contribution is -0.135. The molecule has 2 atom stereocenters. The van der Waals surface area contributed by atoms with Crippen molar-refractivity contribution < 1.29 is 9.59 Å². The summed E-state index contributed by atoms with van der Waals surface area (Å²) in [4.78, 5) is 26.4. The monoisotopic (exact) mass is 309 g/mol. The molecule has 22 heavy (non-hydrogen) atoms. The lowest BCUT2D eigenvalue weighted by Gasteiger charge is -2.32. The summed E-state index contributed by atoms with van der Waals surface area (Å²) in [6.07, 6.45) is 6.78. The van der Waals surface area contributed by atoms with Gasteiger partial charge in [0, 0.05) is 26.1 Å². The summed E-state index contributed by atoms with van der Waals surface area (Å²) in [5.41, 5.74) is 0. The third-order valence-corrected chi connectivity index (χ3v) is 4.90. The smallest absolute Gasteiger partial charge is 0.224 e. The molecule has 2 rings (SSSR count). The highest BCUT2D eigenvalue weighted by Gasteiger charge is 2.28. The van der Waals surface area contributed by atoms with Gasteiger partial charge in [0.15, 0.2) is 0 Å². The lowest BCUT2D eigenvalue weighted by atomic mass is 9.96. The first kappa shape index (κ1) is 17.3. The van der Waals surface area contributed by atoms with Gasteiger partial charge < -0.3 is 15.5 Å². The number of piperidine rings is 1. The van der Waals surface area contributed by atoms with E-state index in [0.29, 0.717) is 18.9 Å². The second kappa shape index (κ2) is 9.13. The Balaban J connectivity index is 1.71. The van der Waals surface area contributed by atoms with Crippen molar-refractivity contribution in [1.82, 2.24) is 15.5 Å². The van der Waals surface area contributed by atoms with Gasteiger partial charge in [-0.3, -0.25) is 9.59 Å². The molecule has 0 aromatic carbocycles. The molecule has 2 heterocycles. The normalized spacial score (nSPS) is 25.2. The molecule has 2 aliphatic rings. The van der Waals surface area contributed by atoms with Crippen LogP contribution in [0, 0.1) is 11.8 Å². The van der Waals surface area contributed by atoms with E-state index < -0.39 is 0 Å². The number of rotatable bonds is 7. The number of hydrogen-bond donors (Lipinski definition) is 2. The number of likely N-dealkylation sites (tertiary alicyclic amines) is 1. The zero-order chi connectivity index (χ0) is 15.8. The van der Waals surface area contributed by atoms with Gasteiger partial charge in [-0.1, -0.05) is 13.3 Å². The maximum Gasteiger partial charge on any atom is 0.224 e. The number of carbonyl (C=O) groups excluding carboxylic acids is 2. The van der Waals surface area contributed by atoms with Gasteiger partial charge in [-0.15, -0.1) is 0 Å². The molecule has 5 nitrogen and oxygen atoms in total. The maximum atomic E-state index is 12.4. The molecule has 0 aromatic rings. The van der Waals surface area contributed by atoms with E-state index in [4.69, 9.17) is 0 Å². The maximum absolute atomic E-state index is 12.4. The number of nitrogens with one attached hydrogen (secondary N) is 2. The number of nitrogens with zero attached hydrogens (tertiary/aromatic N) is 1. The Morgan fingerprint density at radius 2 is 2.18 bits per heavy atom. The van der Waals surface area contributed by atoms with Crippen molar-refractivity contribution in [2.75, 3.05) is 32.7 Å². The van der Waals surface area contributed by atoms with Gasteiger partial charge in [0.2, 0.25) is 11.8 Å². The van der Waals surface area contributed by atoms with Crippen LogP contribution in [-0.4, -0.2) is 49.4 Å². The molecule has 0 spiro atoms. The Kier molecular flexibility index (Phi) is 7.16. The highest BCUT2D eigenvalue weighted by atomic mass is 16.2. The summed E-state index contributed by atoms with van der Waals surface area (Å²) in [5, 5.41) is 6.35. The van der Waals surface area contributed by atoms with Crippen LogP contribution in [0.4, 0.5) is 0 Å². The Labute approximate surface area is 134 Å². The molecule has 2 unspecified atom stereocenters. The van der Waals surface area contributed by atoms with Gasteiger partial charge in [-0.25, -0.2) is 0 Å². The van der Waals surface area contributed by atoms with Crippen LogP contribution in [0.1, 0.15) is 51.9 Å². The summed E-state index contributed by atoms with van der Waals surface area (Å²) < 4.78 is 0. The summed E-state index contributed by atoms with van der Waals surface area (Å²) in [6, 6.07) is 0. The van der Waals surface area contributed by atoms with Crippen LogP contribution in [0.3, 0.4) is 0 Å². The molecular weight excluding hydrogens is 278 g/mol. The van der Waals surface area contributed by atoms with Crippen molar-refractivity contribution in [3.63, 3.8) is 0 Å². The van der Waals surface area contributed by atoms with E-state index in [1.807, 2.05) is 4.90 Å². The molecule has 5 heteroatoms. The van der Waals surface area contributed by atoms with Gasteiger partial charge in [0.05, 0.1) is 5.92 Å². The molecule has 2 N–H and O–H groups in total. The van der Waals surface area contributed by atoms with E-state index in [0.717, 1.165) is 58.3 Å². The van der Waals surface area contributed by atoms with E-state index in [1.165, 1.54) is 6.42 Å². The van der Waals surface area contributed by atoms with E-state index >= 15 is 0 Å². The van der Waals surface area contributed by atoms with E-state index in [9.17, 15) is 9.59 Å². The zero-order valence-corrected chi connectivity index (χ0v) is 13.9. The molecule has 0 bridgehead atoms. The van der Waals surface area contributed by atoms with Gasteiger partial charge in [-0.2, -0.15) is 0 Å². The first-order valence-electron chi connectivity index (χ1n) is 8.97. The third-order valence-electron chi connectivity index (χ3n) is 4.90. The second-order valence-electron chi connectivity index (χ2n) is 6.72. The van der Waals surface area contributed by atoms with E-state index in [1.54, 1.807) is 0 Å². The number of hydrogen-bond acceptors (Lipinski definition) is 3. The standard InChI is InChI=1S/C17H31N3O2/c1-2-3-9-19-17(22)15-5-4-11-20(13-15)16(21)7-6-14-8-10-18-12-14/h14-15,18H,2-13H2,1H3,(H,19,22). The quantitative estimate of drug-likeness (QED) is 0.701. The Bertz CT molecular complexity index is 367. The van der Waals surface area contributed by atoms with E-state index in [-0.39, 0.29) is 17.7 Å². The summed E-state index contributed by atoms with van der Waals surface area (Å²) in [5.74, 6) is 1.01. The van der Waals surface area contributed by atoms with Crippen LogP contribution in [0.2, 0.25) is 0 Å². The second-order valence-corrected chi connectivity index (χ2v) is 6.72. The highest BCUT2D eigenvalue weighted by Crippen LogP contribution is 2.20. The summed E-state index contributed by atoms with van der Waals surface area (Å²) in [7, 11) is 0. The van der Waals surface area contributed by atoms with Crippen LogP contribution in [0.25, 0.3) is 0 Å². The van der Waals surface area contributed by atoms with Crippen LogP contribution < -0.4 is 10.6 Å². The average Bonchev–Trinajstić information content (AvgIpc) is 3.06. The van der Waals surface area contributed by atoms with Gasteiger partial charge >= 0.3 is 0 Å². The Morgan fingerprint density at radius 3 is 2.91 bits per heavy atom. The average molecular weight is 309 g/mol. The minimum Gasteiger partial charge on any atom is -0.356 e. The molecule has 2 aliphatic heterocycles. The Morgan fingerprint density at radius 1 is 1.32 bits per heavy atom. The fraction of sp³-hybridized carbons (Fsp3) is 0.882. The predicted octanol–water partition coefficient (Wildman–Crippen LogP) is 1.53. The van der Waals surface area contributed by atoms with Gasteiger partial charge in [0.1, 0.15) is 0 Å². The minimum atomic E-state index is -0.0114.